The van der Waals surface area contributed by atoms with E-state index in [0.717, 1.165) is 61.0 Å². The minimum Gasteiger partial charge on any atom is -0.345 e. The smallest absolute Gasteiger partial charge is 0.345 e. The Labute approximate surface area is 401 Å². The summed E-state index contributed by atoms with van der Waals surface area (Å²) in [5.74, 6) is 0.848. The van der Waals surface area contributed by atoms with Crippen LogP contribution in [0, 0.1) is 12.1 Å². The molecule has 0 saturated carbocycles. The molecule has 11 aromatic rings. The number of nitrogens with zero attached hydrogens (tertiary/aromatic N) is 4. The minimum atomic E-state index is -3.14. The second-order valence-corrected chi connectivity index (χ2v) is 20.3. The summed E-state index contributed by atoms with van der Waals surface area (Å²) >= 11 is 0. The number of aromatic nitrogens is 2. The summed E-state index contributed by atoms with van der Waals surface area (Å²) in [7, 11) is -3.14. The third-order valence-electron chi connectivity index (χ3n) is 13.0. The van der Waals surface area contributed by atoms with Crippen LogP contribution in [0.1, 0.15) is 0 Å². The molecule has 0 aliphatic carbocycles. The Morgan fingerprint density at radius 2 is 1.02 bits per heavy atom. The summed E-state index contributed by atoms with van der Waals surface area (Å²) in [5.41, 5.74) is 11.3. The molecule has 4 nitrogen and oxygen atoms in total. The fraction of sp³-hybridized carbons (Fsp3) is 0.0167. The van der Waals surface area contributed by atoms with E-state index in [1.165, 1.54) is 32.4 Å². The predicted molar refractivity (Wildman–Crippen MR) is 273 cm³/mol. The van der Waals surface area contributed by atoms with E-state index in [9.17, 15) is 0 Å². The first-order valence-electron chi connectivity index (χ1n) is 22.2. The molecule has 0 spiro atoms. The number of hydrogen-bond acceptors (Lipinski definition) is 3. The molecule has 0 radical (unpaired) electrons. The molecule has 1 aliphatic rings. The zero-order chi connectivity index (χ0) is 43.2. The Morgan fingerprint density at radius 3 is 1.73 bits per heavy atom. The second kappa shape index (κ2) is 17.4. The van der Waals surface area contributed by atoms with E-state index < -0.39 is 8.07 Å². The number of fused-ring (bicyclic) bond motifs is 4. The van der Waals surface area contributed by atoms with E-state index in [0.29, 0.717) is 6.67 Å². The van der Waals surface area contributed by atoms with Gasteiger partial charge in [0.1, 0.15) is 13.9 Å². The van der Waals surface area contributed by atoms with Crippen LogP contribution in [0.3, 0.4) is 0 Å². The SMILES string of the molecule is [Pt+2].[c-]1c(N2CN(c3ccccc3)c3ccccc32)cccc1[Si](c1[c-]c2c(cc1)c1ccccc1n2-c1cc(-c2ccccc2-c2ccccc2)ccn1)(c1ccccc1)c1ccccc1. The van der Waals surface area contributed by atoms with Crippen LogP contribution < -0.4 is 30.5 Å². The molecule has 9 aromatic carbocycles. The molecular formula is C60H42N4PtSi. The molecule has 0 amide bonds. The Kier molecular flexibility index (Phi) is 10.9. The Hall–Kier alpha value is -7.56. The number of para-hydroxylation sites is 4. The molecule has 316 valence electrons. The summed E-state index contributed by atoms with van der Waals surface area (Å²) in [6, 6.07) is 93.6. The van der Waals surface area contributed by atoms with Crippen molar-refractivity contribution in [3.05, 3.63) is 255 Å². The first-order valence-corrected chi connectivity index (χ1v) is 24.2. The molecule has 6 heteroatoms. The zero-order valence-corrected chi connectivity index (χ0v) is 39.2. The summed E-state index contributed by atoms with van der Waals surface area (Å²) in [6.07, 6.45) is 1.94. The van der Waals surface area contributed by atoms with Crippen molar-refractivity contribution in [1.29, 1.82) is 0 Å². The molecule has 0 unspecified atom stereocenters. The van der Waals surface area contributed by atoms with Gasteiger partial charge in [-0.05, 0) is 80.5 Å². The van der Waals surface area contributed by atoms with Gasteiger partial charge in [0.15, 0.2) is 0 Å². The van der Waals surface area contributed by atoms with E-state index in [1.807, 2.05) is 6.20 Å². The van der Waals surface area contributed by atoms with E-state index >= 15 is 0 Å². The Bertz CT molecular complexity index is 3450. The normalized spacial score (nSPS) is 12.3. The van der Waals surface area contributed by atoms with Gasteiger partial charge in [0, 0.05) is 17.4 Å². The van der Waals surface area contributed by atoms with Gasteiger partial charge in [0.05, 0.1) is 18.0 Å². The first kappa shape index (κ1) is 41.2. The summed E-state index contributed by atoms with van der Waals surface area (Å²) in [6.45, 7) is 0.675. The average molecular weight is 1040 g/mol. The van der Waals surface area contributed by atoms with E-state index in [-0.39, 0.29) is 21.1 Å². The van der Waals surface area contributed by atoms with Crippen LogP contribution in [0.4, 0.5) is 22.7 Å². The van der Waals surface area contributed by atoms with Gasteiger partial charge in [-0.3, -0.25) is 0 Å². The molecule has 0 saturated heterocycles. The summed E-state index contributed by atoms with van der Waals surface area (Å²) in [5, 5.41) is 7.15. The van der Waals surface area contributed by atoms with Crippen molar-refractivity contribution in [3.8, 4) is 28.1 Å². The molecule has 3 heterocycles. The van der Waals surface area contributed by atoms with Gasteiger partial charge in [0.2, 0.25) is 0 Å². The molecule has 2 aromatic heterocycles. The van der Waals surface area contributed by atoms with Crippen LogP contribution in [-0.4, -0.2) is 24.3 Å². The Balaban J connectivity index is 0.00000481. The molecule has 0 fully saturated rings. The quantitative estimate of drug-likeness (QED) is 0.0818. The van der Waals surface area contributed by atoms with E-state index in [1.54, 1.807) is 0 Å². The van der Waals surface area contributed by atoms with Crippen molar-refractivity contribution in [2.45, 2.75) is 0 Å². The van der Waals surface area contributed by atoms with Gasteiger partial charge >= 0.3 is 21.1 Å². The number of anilines is 4. The maximum absolute atomic E-state index is 5.12. The fourth-order valence-corrected chi connectivity index (χ4v) is 14.6. The van der Waals surface area contributed by atoms with Crippen LogP contribution in [0.5, 0.6) is 0 Å². The van der Waals surface area contributed by atoms with Crippen LogP contribution in [-0.2, 0) is 21.1 Å². The number of pyridine rings is 1. The molecule has 1 aliphatic heterocycles. The monoisotopic (exact) mass is 1040 g/mol. The van der Waals surface area contributed by atoms with Crippen molar-refractivity contribution in [2.24, 2.45) is 0 Å². The van der Waals surface area contributed by atoms with Crippen LogP contribution in [0.25, 0.3) is 49.9 Å². The number of rotatable bonds is 9. The molecule has 12 rings (SSSR count). The van der Waals surface area contributed by atoms with Gasteiger partial charge in [-0.2, -0.15) is 46.8 Å². The van der Waals surface area contributed by atoms with Crippen molar-refractivity contribution < 1.29 is 21.1 Å². The van der Waals surface area contributed by atoms with E-state index in [4.69, 9.17) is 4.98 Å². The van der Waals surface area contributed by atoms with E-state index in [2.05, 4.69) is 263 Å². The average Bonchev–Trinajstić information content (AvgIpc) is 3.94. The van der Waals surface area contributed by atoms with Crippen molar-refractivity contribution in [1.82, 2.24) is 9.55 Å². The molecule has 0 N–H and O–H groups in total. The summed E-state index contributed by atoms with van der Waals surface area (Å²) < 4.78 is 2.32. The first-order chi connectivity index (χ1) is 32.3. The fourth-order valence-electron chi connectivity index (χ4n) is 10.1. The standard InChI is InChI=1S/C60H42N4Si.Pt/c1-5-20-44(21-6-1)52-30-13-14-31-53(52)45-38-39-61-60(40-45)64-56-33-16-15-32-54(56)55-37-36-51(42-59(55)64)65(48-25-9-3-10-26-48,49-27-11-4-12-28-49)50-29-19-24-47(41-50)63-43-62(46-22-7-2-8-23-46)57-34-17-18-35-58(57)63;/h1-40H,43H2;/q-2;+2. The molecule has 66 heavy (non-hydrogen) atoms. The third kappa shape index (κ3) is 6.91. The zero-order valence-electron chi connectivity index (χ0n) is 35.9. The van der Waals surface area contributed by atoms with Gasteiger partial charge < -0.3 is 14.4 Å². The van der Waals surface area contributed by atoms with Gasteiger partial charge in [-0.1, -0.05) is 175 Å². The van der Waals surface area contributed by atoms with Crippen molar-refractivity contribution in [3.63, 3.8) is 0 Å². The molecular weight excluding hydrogens is 1000 g/mol. The second-order valence-electron chi connectivity index (χ2n) is 16.6. The van der Waals surface area contributed by atoms with Crippen molar-refractivity contribution >= 4 is 73.4 Å². The number of benzene rings is 9. The van der Waals surface area contributed by atoms with Crippen LogP contribution in [0.15, 0.2) is 243 Å². The maximum Gasteiger partial charge on any atom is 2.00 e. The third-order valence-corrected chi connectivity index (χ3v) is 17.6. The van der Waals surface area contributed by atoms with Gasteiger partial charge in [0.25, 0.3) is 0 Å². The molecule has 0 bridgehead atoms. The maximum atomic E-state index is 5.12. The van der Waals surface area contributed by atoms with Crippen LogP contribution >= 0.6 is 0 Å². The minimum absolute atomic E-state index is 0. The number of hydrogen-bond donors (Lipinski definition) is 0. The summed E-state index contributed by atoms with van der Waals surface area (Å²) in [4.78, 5) is 9.91. The predicted octanol–water partition coefficient (Wildman–Crippen LogP) is 11.7. The van der Waals surface area contributed by atoms with Gasteiger partial charge in [-0.25, -0.2) is 4.98 Å². The molecule has 0 atom stereocenters. The largest absolute Gasteiger partial charge is 2.00 e. The Morgan fingerprint density at radius 1 is 0.439 bits per heavy atom. The van der Waals surface area contributed by atoms with Crippen molar-refractivity contribution in [2.75, 3.05) is 16.5 Å². The van der Waals surface area contributed by atoms with Gasteiger partial charge in [-0.15, -0.1) is 11.5 Å². The topological polar surface area (TPSA) is 24.3 Å². The van der Waals surface area contributed by atoms with Crippen LogP contribution in [0.2, 0.25) is 0 Å².